The van der Waals surface area contributed by atoms with Gasteiger partial charge in [0.15, 0.2) is 0 Å². The van der Waals surface area contributed by atoms with Gasteiger partial charge in [-0.05, 0) is 25.1 Å². The van der Waals surface area contributed by atoms with Crippen molar-refractivity contribution >= 4 is 52.1 Å². The molecule has 120 valence electrons. The zero-order valence-corrected chi connectivity index (χ0v) is 14.0. The van der Waals surface area contributed by atoms with Gasteiger partial charge in [-0.3, -0.25) is 25.8 Å². The number of benzene rings is 2. The summed E-state index contributed by atoms with van der Waals surface area (Å²) in [6.07, 6.45) is 0. The molecule has 0 aliphatic heterocycles. The van der Waals surface area contributed by atoms with Gasteiger partial charge >= 0.3 is 0 Å². The molecule has 0 aromatic heterocycles. The molecule has 0 spiro atoms. The molecule has 0 bridgehead atoms. The highest BCUT2D eigenvalue weighted by Gasteiger charge is 2.15. The van der Waals surface area contributed by atoms with E-state index >= 15 is 0 Å². The number of aryl methyl sites for hydroxylation is 1. The Labute approximate surface area is 146 Å². The van der Waals surface area contributed by atoms with Crippen LogP contribution in [0.25, 0.3) is 0 Å². The summed E-state index contributed by atoms with van der Waals surface area (Å²) in [5.41, 5.74) is 5.67. The van der Waals surface area contributed by atoms with Crippen molar-refractivity contribution in [3.8, 4) is 0 Å². The van der Waals surface area contributed by atoms with Gasteiger partial charge in [0.1, 0.15) is 0 Å². The average molecular weight is 375 g/mol. The summed E-state index contributed by atoms with van der Waals surface area (Å²) in [4.78, 5) is 22.4. The second kappa shape index (κ2) is 7.04. The second-order valence-electron chi connectivity index (χ2n) is 4.58. The van der Waals surface area contributed by atoms with E-state index in [4.69, 9.17) is 34.8 Å². The first-order valence-electron chi connectivity index (χ1n) is 6.25. The Morgan fingerprint density at radius 2 is 1.74 bits per heavy atom. The predicted molar refractivity (Wildman–Crippen MR) is 90.4 cm³/mol. The van der Waals surface area contributed by atoms with E-state index in [2.05, 4.69) is 10.9 Å². The number of hydrogen-bond donors (Lipinski definition) is 2. The summed E-state index contributed by atoms with van der Waals surface area (Å²) < 4.78 is 0. The minimum atomic E-state index is -0.574. The van der Waals surface area contributed by atoms with E-state index in [0.29, 0.717) is 10.6 Å². The van der Waals surface area contributed by atoms with E-state index < -0.39 is 10.8 Å². The number of hydrazine groups is 1. The number of nitrogens with one attached hydrogen (secondary N) is 2. The third-order valence-corrected chi connectivity index (χ3v) is 3.79. The number of halogens is 3. The molecule has 0 atom stereocenters. The SMILES string of the molecule is Cc1ccc(C(=O)NNc2c(Cl)cc(Cl)cc2Cl)cc1[N+](=O)[O-]. The van der Waals surface area contributed by atoms with Crippen LogP contribution in [0.3, 0.4) is 0 Å². The molecule has 0 unspecified atom stereocenters. The second-order valence-corrected chi connectivity index (χ2v) is 5.83. The first kappa shape index (κ1) is 17.3. The fourth-order valence-corrected chi connectivity index (χ4v) is 2.71. The summed E-state index contributed by atoms with van der Waals surface area (Å²) in [6, 6.07) is 7.08. The van der Waals surface area contributed by atoms with Gasteiger partial charge in [0.25, 0.3) is 11.6 Å². The van der Waals surface area contributed by atoms with Gasteiger partial charge in [-0.2, -0.15) is 0 Å². The van der Waals surface area contributed by atoms with E-state index in [-0.39, 0.29) is 27.0 Å². The van der Waals surface area contributed by atoms with E-state index in [1.165, 1.54) is 30.3 Å². The van der Waals surface area contributed by atoms with Gasteiger partial charge in [-0.15, -0.1) is 0 Å². The predicted octanol–water partition coefficient (Wildman–Crippen LogP) is 4.62. The van der Waals surface area contributed by atoms with Crippen LogP contribution in [0.4, 0.5) is 11.4 Å². The normalized spacial score (nSPS) is 10.3. The smallest absolute Gasteiger partial charge is 0.273 e. The van der Waals surface area contributed by atoms with Gasteiger partial charge in [-0.1, -0.05) is 40.9 Å². The van der Waals surface area contributed by atoms with Crippen molar-refractivity contribution in [3.05, 3.63) is 66.6 Å². The summed E-state index contributed by atoms with van der Waals surface area (Å²) in [5, 5.41) is 11.7. The van der Waals surface area contributed by atoms with Crippen LogP contribution in [-0.4, -0.2) is 10.8 Å². The highest BCUT2D eigenvalue weighted by Crippen LogP contribution is 2.33. The molecule has 0 radical (unpaired) electrons. The Hall–Kier alpha value is -2.02. The van der Waals surface area contributed by atoms with E-state index in [9.17, 15) is 14.9 Å². The first-order chi connectivity index (χ1) is 10.8. The maximum absolute atomic E-state index is 12.1. The largest absolute Gasteiger partial charge is 0.295 e. The van der Waals surface area contributed by atoms with Crippen LogP contribution >= 0.6 is 34.8 Å². The highest BCUT2D eigenvalue weighted by atomic mass is 35.5. The van der Waals surface area contributed by atoms with Crippen LogP contribution in [0.15, 0.2) is 30.3 Å². The number of anilines is 1. The van der Waals surface area contributed by atoms with Gasteiger partial charge in [0.05, 0.1) is 20.7 Å². The molecule has 23 heavy (non-hydrogen) atoms. The minimum Gasteiger partial charge on any atom is -0.295 e. The molecule has 0 aliphatic rings. The number of nitro groups is 1. The lowest BCUT2D eigenvalue weighted by molar-refractivity contribution is -0.385. The van der Waals surface area contributed by atoms with E-state index in [1.807, 2.05) is 0 Å². The molecule has 1 amide bonds. The minimum absolute atomic E-state index is 0.121. The lowest BCUT2D eigenvalue weighted by atomic mass is 10.1. The van der Waals surface area contributed by atoms with Gasteiger partial charge < -0.3 is 0 Å². The quantitative estimate of drug-likeness (QED) is 0.604. The Morgan fingerprint density at radius 1 is 1.13 bits per heavy atom. The first-order valence-corrected chi connectivity index (χ1v) is 7.39. The number of carbonyl (C=O) groups excluding carboxylic acids is 1. The van der Waals surface area contributed by atoms with Crippen molar-refractivity contribution in [2.45, 2.75) is 6.92 Å². The van der Waals surface area contributed by atoms with Crippen molar-refractivity contribution in [2.24, 2.45) is 0 Å². The molecule has 6 nitrogen and oxygen atoms in total. The lowest BCUT2D eigenvalue weighted by Gasteiger charge is -2.12. The maximum atomic E-state index is 12.1. The number of amides is 1. The molecule has 2 aromatic rings. The Bertz CT molecular complexity index is 773. The number of nitrogens with zero attached hydrogens (tertiary/aromatic N) is 1. The molecule has 0 aliphatic carbocycles. The molecule has 0 fully saturated rings. The fourth-order valence-electron chi connectivity index (χ4n) is 1.80. The van der Waals surface area contributed by atoms with Crippen LogP contribution < -0.4 is 10.9 Å². The monoisotopic (exact) mass is 373 g/mol. The zero-order valence-electron chi connectivity index (χ0n) is 11.7. The fraction of sp³-hybridized carbons (Fsp3) is 0.0714. The third-order valence-electron chi connectivity index (χ3n) is 2.98. The van der Waals surface area contributed by atoms with Crippen molar-refractivity contribution < 1.29 is 9.72 Å². The van der Waals surface area contributed by atoms with Crippen LogP contribution in [0.1, 0.15) is 15.9 Å². The molecule has 2 N–H and O–H groups in total. The van der Waals surface area contributed by atoms with Crippen LogP contribution in [0, 0.1) is 17.0 Å². The summed E-state index contributed by atoms with van der Waals surface area (Å²) in [6.45, 7) is 1.59. The molecule has 0 saturated carbocycles. The van der Waals surface area contributed by atoms with Crippen molar-refractivity contribution in [2.75, 3.05) is 5.43 Å². The molecular formula is C14H10Cl3N3O3. The Balaban J connectivity index is 2.18. The number of rotatable bonds is 4. The van der Waals surface area contributed by atoms with Gasteiger partial charge in [-0.25, -0.2) is 0 Å². The van der Waals surface area contributed by atoms with Crippen LogP contribution in [-0.2, 0) is 0 Å². The maximum Gasteiger partial charge on any atom is 0.273 e. The zero-order chi connectivity index (χ0) is 17.1. The molecule has 2 rings (SSSR count). The topological polar surface area (TPSA) is 84.3 Å². The Morgan fingerprint density at radius 3 is 2.30 bits per heavy atom. The third kappa shape index (κ3) is 4.04. The van der Waals surface area contributed by atoms with Crippen LogP contribution in [0.2, 0.25) is 15.1 Å². The molecule has 2 aromatic carbocycles. The summed E-state index contributed by atoms with van der Waals surface area (Å²) >= 11 is 17.8. The van der Waals surface area contributed by atoms with Crippen LogP contribution in [0.5, 0.6) is 0 Å². The highest BCUT2D eigenvalue weighted by molar-refractivity contribution is 6.41. The summed E-state index contributed by atoms with van der Waals surface area (Å²) in [5.74, 6) is -0.574. The van der Waals surface area contributed by atoms with E-state index in [1.54, 1.807) is 6.92 Å². The van der Waals surface area contributed by atoms with E-state index in [0.717, 1.165) is 0 Å². The lowest BCUT2D eigenvalue weighted by Crippen LogP contribution is -2.29. The van der Waals surface area contributed by atoms with Gasteiger partial charge in [0.2, 0.25) is 0 Å². The number of carbonyl (C=O) groups is 1. The molecule has 9 heteroatoms. The van der Waals surface area contributed by atoms with Crippen molar-refractivity contribution in [1.29, 1.82) is 0 Å². The number of nitro benzene ring substituents is 1. The summed E-state index contributed by atoms with van der Waals surface area (Å²) in [7, 11) is 0. The van der Waals surface area contributed by atoms with Crippen molar-refractivity contribution in [3.63, 3.8) is 0 Å². The molecule has 0 heterocycles. The van der Waals surface area contributed by atoms with Gasteiger partial charge in [0, 0.05) is 22.2 Å². The average Bonchev–Trinajstić information content (AvgIpc) is 2.45. The number of hydrogen-bond acceptors (Lipinski definition) is 4. The standard InChI is InChI=1S/C14H10Cl3N3O3/c1-7-2-3-8(4-12(7)20(22)23)14(21)19-18-13-10(16)5-9(15)6-11(13)17/h2-6,18H,1H3,(H,19,21). The molecule has 0 saturated heterocycles. The molecular weight excluding hydrogens is 365 g/mol. The van der Waals surface area contributed by atoms with Crippen molar-refractivity contribution in [1.82, 2.24) is 5.43 Å². The Kier molecular flexibility index (Phi) is 5.30.